The number of nitrogens with one attached hydrogen (secondary N) is 1. The number of hydrogen-bond acceptors (Lipinski definition) is 4. The predicted octanol–water partition coefficient (Wildman–Crippen LogP) is 6.31. The fraction of sp³-hybridized carbons (Fsp3) is 0.640. The molecule has 5 fully saturated rings. The lowest BCUT2D eigenvalue weighted by Crippen LogP contribution is -2.48. The Hall–Kier alpha value is -1.75. The second-order valence-corrected chi connectivity index (χ2v) is 11.5. The molecule has 1 aromatic heterocycles. The van der Waals surface area contributed by atoms with Crippen molar-refractivity contribution in [1.82, 2.24) is 10.2 Å². The average Bonchev–Trinajstić information content (AvgIpc) is 3.23. The zero-order valence-electron chi connectivity index (χ0n) is 17.6. The maximum Gasteiger partial charge on any atom is 0.257 e. The molecule has 0 aliphatic heterocycles. The van der Waals surface area contributed by atoms with Crippen LogP contribution in [-0.4, -0.2) is 16.1 Å². The minimum atomic E-state index is -0.0709. The quantitative estimate of drug-likeness (QED) is 0.630. The Bertz CT molecular complexity index is 893. The highest BCUT2D eigenvalue weighted by atomic mass is 32.1. The van der Waals surface area contributed by atoms with E-state index in [1.54, 1.807) is 11.3 Å². The molecule has 0 radical (unpaired) electrons. The molecule has 30 heavy (non-hydrogen) atoms. The molecule has 0 atom stereocenters. The Morgan fingerprint density at radius 3 is 2.17 bits per heavy atom. The molecule has 1 heterocycles. The largest absolute Gasteiger partial charge is 0.296 e. The molecule has 0 spiro atoms. The van der Waals surface area contributed by atoms with Crippen LogP contribution in [0.2, 0.25) is 0 Å². The molecule has 5 heteroatoms. The number of hydrogen-bond donors (Lipinski definition) is 1. The molecule has 5 aliphatic carbocycles. The molecule has 0 saturated heterocycles. The molecular formula is C25H31N3OS. The van der Waals surface area contributed by atoms with Gasteiger partial charge < -0.3 is 0 Å². The Kier molecular flexibility index (Phi) is 4.70. The number of amides is 1. The van der Waals surface area contributed by atoms with Gasteiger partial charge in [0.2, 0.25) is 5.13 Å². The van der Waals surface area contributed by atoms with Crippen LogP contribution in [0.5, 0.6) is 0 Å². The summed E-state index contributed by atoms with van der Waals surface area (Å²) in [6, 6.07) is 8.23. The monoisotopic (exact) mass is 421 g/mol. The van der Waals surface area contributed by atoms with Gasteiger partial charge in [0, 0.05) is 11.0 Å². The third-order valence-corrected chi connectivity index (χ3v) is 9.47. The Balaban J connectivity index is 1.14. The summed E-state index contributed by atoms with van der Waals surface area (Å²) >= 11 is 1.62. The third kappa shape index (κ3) is 3.39. The van der Waals surface area contributed by atoms with Crippen LogP contribution in [0.1, 0.15) is 97.5 Å². The summed E-state index contributed by atoms with van der Waals surface area (Å²) in [6.45, 7) is 0. The molecule has 7 rings (SSSR count). The lowest BCUT2D eigenvalue weighted by molar-refractivity contribution is -0.00555. The van der Waals surface area contributed by atoms with Crippen molar-refractivity contribution in [2.75, 3.05) is 5.32 Å². The van der Waals surface area contributed by atoms with Crippen LogP contribution in [0, 0.1) is 17.8 Å². The predicted molar refractivity (Wildman–Crippen MR) is 120 cm³/mol. The molecule has 1 N–H and O–H groups in total. The van der Waals surface area contributed by atoms with Crippen molar-refractivity contribution in [2.45, 2.75) is 82.0 Å². The van der Waals surface area contributed by atoms with Gasteiger partial charge in [-0.25, -0.2) is 0 Å². The van der Waals surface area contributed by atoms with E-state index in [-0.39, 0.29) is 11.3 Å². The zero-order chi connectivity index (χ0) is 20.1. The number of benzene rings is 1. The summed E-state index contributed by atoms with van der Waals surface area (Å²) in [5, 5.41) is 13.8. The van der Waals surface area contributed by atoms with Gasteiger partial charge in [0.15, 0.2) is 0 Å². The van der Waals surface area contributed by atoms with E-state index in [1.165, 1.54) is 81.2 Å². The maximum atomic E-state index is 12.8. The van der Waals surface area contributed by atoms with E-state index in [2.05, 4.69) is 27.6 Å². The molecule has 1 aromatic carbocycles. The van der Waals surface area contributed by atoms with Gasteiger partial charge in [-0.3, -0.25) is 10.1 Å². The van der Waals surface area contributed by atoms with Crippen LogP contribution in [0.25, 0.3) is 0 Å². The van der Waals surface area contributed by atoms with E-state index < -0.39 is 0 Å². The van der Waals surface area contributed by atoms with E-state index in [0.717, 1.165) is 17.8 Å². The molecule has 158 valence electrons. The molecule has 4 nitrogen and oxygen atoms in total. The first-order chi connectivity index (χ1) is 14.7. The normalized spacial score (nSPS) is 33.0. The highest BCUT2D eigenvalue weighted by Crippen LogP contribution is 2.61. The van der Waals surface area contributed by atoms with Crippen molar-refractivity contribution in [3.05, 3.63) is 40.4 Å². The minimum absolute atomic E-state index is 0.0709. The van der Waals surface area contributed by atoms with Crippen molar-refractivity contribution in [3.8, 4) is 0 Å². The molecule has 0 unspecified atom stereocenters. The number of nitrogens with zero attached hydrogens (tertiary/aromatic N) is 2. The van der Waals surface area contributed by atoms with E-state index in [9.17, 15) is 4.79 Å². The summed E-state index contributed by atoms with van der Waals surface area (Å²) < 4.78 is 0. The highest BCUT2D eigenvalue weighted by Gasteiger charge is 2.53. The zero-order valence-corrected chi connectivity index (χ0v) is 18.4. The molecule has 5 saturated carbocycles. The fourth-order valence-corrected chi connectivity index (χ4v) is 8.33. The second-order valence-electron chi connectivity index (χ2n) is 10.5. The van der Waals surface area contributed by atoms with Crippen LogP contribution < -0.4 is 5.32 Å². The fourth-order valence-electron chi connectivity index (χ4n) is 7.37. The van der Waals surface area contributed by atoms with Gasteiger partial charge >= 0.3 is 0 Å². The number of anilines is 1. The second kappa shape index (κ2) is 7.44. The van der Waals surface area contributed by atoms with E-state index in [1.807, 2.05) is 12.1 Å². The molecule has 2 aromatic rings. The topological polar surface area (TPSA) is 54.9 Å². The van der Waals surface area contributed by atoms with Gasteiger partial charge in [-0.15, -0.1) is 10.2 Å². The summed E-state index contributed by atoms with van der Waals surface area (Å²) in [7, 11) is 0. The SMILES string of the molecule is O=C(Nc1nnc(C23CC4CC(CC(C4)C2)C3)s1)c1ccc(C2CCCCC2)cc1. The van der Waals surface area contributed by atoms with Crippen LogP contribution in [0.4, 0.5) is 5.13 Å². The molecule has 5 aliphatic rings. The van der Waals surface area contributed by atoms with Gasteiger partial charge in [-0.05, 0) is 92.7 Å². The van der Waals surface area contributed by atoms with Crippen LogP contribution in [0.3, 0.4) is 0 Å². The Labute approximate surface area is 182 Å². The summed E-state index contributed by atoms with van der Waals surface area (Å²) in [6.07, 6.45) is 14.7. The van der Waals surface area contributed by atoms with Crippen molar-refractivity contribution < 1.29 is 4.79 Å². The highest BCUT2D eigenvalue weighted by molar-refractivity contribution is 7.15. The number of aromatic nitrogens is 2. The van der Waals surface area contributed by atoms with Crippen molar-refractivity contribution in [1.29, 1.82) is 0 Å². The standard InChI is InChI=1S/C25H31N3OS/c29-22(21-8-6-20(7-9-21)19-4-2-1-3-5-19)26-24-28-27-23(30-24)25-13-16-10-17(14-25)12-18(11-16)15-25/h6-9,16-19H,1-5,10-15H2,(H,26,28,29). The van der Waals surface area contributed by atoms with E-state index in [4.69, 9.17) is 0 Å². The van der Waals surface area contributed by atoms with Gasteiger partial charge in [0.25, 0.3) is 5.91 Å². The van der Waals surface area contributed by atoms with Gasteiger partial charge in [-0.1, -0.05) is 42.7 Å². The van der Waals surface area contributed by atoms with Crippen LogP contribution in [-0.2, 0) is 5.41 Å². The summed E-state index contributed by atoms with van der Waals surface area (Å²) in [5.41, 5.74) is 2.34. The summed E-state index contributed by atoms with van der Waals surface area (Å²) in [4.78, 5) is 12.8. The van der Waals surface area contributed by atoms with Gasteiger partial charge in [-0.2, -0.15) is 0 Å². The Morgan fingerprint density at radius 2 is 1.53 bits per heavy atom. The minimum Gasteiger partial charge on any atom is -0.296 e. The first-order valence-corrected chi connectivity index (χ1v) is 12.7. The lowest BCUT2D eigenvalue weighted by Gasteiger charge is -2.55. The number of carbonyl (C=O) groups excluding carboxylic acids is 1. The number of carbonyl (C=O) groups is 1. The molecular weight excluding hydrogens is 390 g/mol. The van der Waals surface area contributed by atoms with Crippen LogP contribution >= 0.6 is 11.3 Å². The third-order valence-electron chi connectivity index (χ3n) is 8.39. The number of rotatable bonds is 4. The van der Waals surface area contributed by atoms with E-state index >= 15 is 0 Å². The summed E-state index contributed by atoms with van der Waals surface area (Å²) in [5.74, 6) is 3.27. The van der Waals surface area contributed by atoms with Crippen molar-refractivity contribution >= 4 is 22.4 Å². The van der Waals surface area contributed by atoms with Gasteiger partial charge in [0.1, 0.15) is 5.01 Å². The molecule has 1 amide bonds. The smallest absolute Gasteiger partial charge is 0.257 e. The Morgan fingerprint density at radius 1 is 0.900 bits per heavy atom. The van der Waals surface area contributed by atoms with Crippen LogP contribution in [0.15, 0.2) is 24.3 Å². The first-order valence-electron chi connectivity index (χ1n) is 11.9. The first kappa shape index (κ1) is 19.0. The van der Waals surface area contributed by atoms with Crippen molar-refractivity contribution in [2.24, 2.45) is 17.8 Å². The van der Waals surface area contributed by atoms with Gasteiger partial charge in [0.05, 0.1) is 0 Å². The molecule has 4 bridgehead atoms. The lowest BCUT2D eigenvalue weighted by atomic mass is 9.50. The van der Waals surface area contributed by atoms with Crippen molar-refractivity contribution in [3.63, 3.8) is 0 Å². The maximum absolute atomic E-state index is 12.8. The van der Waals surface area contributed by atoms with E-state index in [0.29, 0.717) is 16.6 Å². The average molecular weight is 422 g/mol.